The van der Waals surface area contributed by atoms with Crippen molar-refractivity contribution in [1.29, 1.82) is 0 Å². The number of aromatic nitrogens is 3. The van der Waals surface area contributed by atoms with Crippen molar-refractivity contribution >= 4 is 33.0 Å². The van der Waals surface area contributed by atoms with E-state index in [0.29, 0.717) is 17.2 Å². The first kappa shape index (κ1) is 21.0. The van der Waals surface area contributed by atoms with Gasteiger partial charge in [0, 0.05) is 44.7 Å². The Labute approximate surface area is 180 Å². The molecular weight excluding hydrogens is 416 g/mol. The zero-order chi connectivity index (χ0) is 22.2. The molecule has 0 amide bonds. The van der Waals surface area contributed by atoms with Gasteiger partial charge in [-0.05, 0) is 36.9 Å². The highest BCUT2D eigenvalue weighted by molar-refractivity contribution is 7.90. The summed E-state index contributed by atoms with van der Waals surface area (Å²) in [6, 6.07) is 10.1. The Hall–Kier alpha value is -3.24. The zero-order valence-electron chi connectivity index (χ0n) is 17.6. The summed E-state index contributed by atoms with van der Waals surface area (Å²) in [5.74, 6) is 0.645. The molecule has 0 radical (unpaired) electrons. The number of nitrogens with zero attached hydrogens (tertiary/aromatic N) is 4. The summed E-state index contributed by atoms with van der Waals surface area (Å²) >= 11 is 0. The third-order valence-corrected chi connectivity index (χ3v) is 6.41. The van der Waals surface area contributed by atoms with Crippen molar-refractivity contribution in [1.82, 2.24) is 19.4 Å². The Kier molecular flexibility index (Phi) is 5.50. The Morgan fingerprint density at radius 1 is 1.06 bits per heavy atom. The summed E-state index contributed by atoms with van der Waals surface area (Å²) in [7, 11) is 0.420. The summed E-state index contributed by atoms with van der Waals surface area (Å²) in [5, 5.41) is 6.04. The van der Waals surface area contributed by atoms with Gasteiger partial charge in [0.25, 0.3) is 5.56 Å². The average molecular weight is 441 g/mol. The number of rotatable bonds is 5. The molecule has 0 saturated heterocycles. The maximum Gasteiger partial charge on any atom is 0.274 e. The predicted octanol–water partition coefficient (Wildman–Crippen LogP) is 2.05. The normalized spacial score (nSPS) is 14.2. The number of hydrogen-bond donors (Lipinski definition) is 2. The van der Waals surface area contributed by atoms with Gasteiger partial charge in [-0.25, -0.2) is 13.4 Å². The molecule has 2 N–H and O–H groups in total. The lowest BCUT2D eigenvalue weighted by molar-refractivity contribution is 0.306. The second-order valence-electron chi connectivity index (χ2n) is 7.67. The van der Waals surface area contributed by atoms with Crippen molar-refractivity contribution in [2.45, 2.75) is 17.9 Å². The minimum Gasteiger partial charge on any atom is -0.339 e. The van der Waals surface area contributed by atoms with Crippen LogP contribution in [0, 0.1) is 0 Å². The molecule has 3 heterocycles. The van der Waals surface area contributed by atoms with Crippen molar-refractivity contribution in [3.05, 3.63) is 64.2 Å². The number of hydrogen-bond acceptors (Lipinski definition) is 8. The van der Waals surface area contributed by atoms with Crippen LogP contribution in [0.15, 0.2) is 52.3 Å². The average Bonchev–Trinajstić information content (AvgIpc) is 2.71. The molecule has 31 heavy (non-hydrogen) atoms. The van der Waals surface area contributed by atoms with Crippen LogP contribution in [0.3, 0.4) is 0 Å². The predicted molar refractivity (Wildman–Crippen MR) is 120 cm³/mol. The lowest BCUT2D eigenvalue weighted by atomic mass is 10.1. The fraction of sp³-hybridized carbons (Fsp3) is 0.286. The van der Waals surface area contributed by atoms with Gasteiger partial charge >= 0.3 is 0 Å². The molecule has 162 valence electrons. The number of pyridine rings is 1. The van der Waals surface area contributed by atoms with Gasteiger partial charge in [-0.15, -0.1) is 0 Å². The third-order valence-electron chi connectivity index (χ3n) is 5.25. The van der Waals surface area contributed by atoms with E-state index in [4.69, 9.17) is 0 Å². The van der Waals surface area contributed by atoms with E-state index in [9.17, 15) is 13.2 Å². The van der Waals surface area contributed by atoms with Crippen LogP contribution in [0.1, 0.15) is 11.3 Å². The van der Waals surface area contributed by atoms with Crippen LogP contribution < -0.4 is 16.2 Å². The van der Waals surface area contributed by atoms with Gasteiger partial charge in [0.1, 0.15) is 11.5 Å². The van der Waals surface area contributed by atoms with Gasteiger partial charge in [-0.2, -0.15) is 4.98 Å². The number of benzene rings is 1. The van der Waals surface area contributed by atoms with E-state index in [0.717, 1.165) is 37.0 Å². The van der Waals surface area contributed by atoms with Crippen molar-refractivity contribution in [3.63, 3.8) is 0 Å². The molecule has 3 aromatic rings. The van der Waals surface area contributed by atoms with Crippen LogP contribution >= 0.6 is 0 Å². The summed E-state index contributed by atoms with van der Waals surface area (Å²) in [6.07, 6.45) is 3.52. The Morgan fingerprint density at radius 2 is 1.84 bits per heavy atom. The number of anilines is 4. The van der Waals surface area contributed by atoms with Gasteiger partial charge in [0.05, 0.1) is 10.6 Å². The maximum absolute atomic E-state index is 12.8. The molecule has 10 heteroatoms. The van der Waals surface area contributed by atoms with Crippen LogP contribution in [0.5, 0.6) is 0 Å². The molecule has 0 saturated carbocycles. The SMILES string of the molecule is CN1CCc2c(cc(Nc3nccc(Nc4ccccc4S(C)(=O)=O)n3)c(=O)n2C)C1. The van der Waals surface area contributed by atoms with Gasteiger partial charge in [-0.1, -0.05) is 12.1 Å². The Balaban J connectivity index is 1.63. The number of fused-ring (bicyclic) bond motifs is 1. The highest BCUT2D eigenvalue weighted by Crippen LogP contribution is 2.25. The molecule has 4 rings (SSSR count). The standard InChI is InChI=1S/C21H24N6O3S/c1-26-11-9-17-14(13-26)12-16(20(28)27(17)2)24-21-22-10-8-19(25-21)23-15-6-4-5-7-18(15)31(3,29)30/h4-8,10,12H,9,11,13H2,1-3H3,(H2,22,23,24,25). The fourth-order valence-electron chi connectivity index (χ4n) is 3.70. The zero-order valence-corrected chi connectivity index (χ0v) is 18.4. The van der Waals surface area contributed by atoms with Crippen LogP contribution in [0.2, 0.25) is 0 Å². The molecular formula is C21H24N6O3S. The van der Waals surface area contributed by atoms with Gasteiger partial charge < -0.3 is 20.1 Å². The Morgan fingerprint density at radius 3 is 2.61 bits per heavy atom. The topological polar surface area (TPSA) is 109 Å². The van der Waals surface area contributed by atoms with E-state index in [1.807, 2.05) is 13.1 Å². The van der Waals surface area contributed by atoms with E-state index in [1.54, 1.807) is 35.9 Å². The van der Waals surface area contributed by atoms with Gasteiger partial charge in [0.2, 0.25) is 5.95 Å². The second-order valence-corrected chi connectivity index (χ2v) is 9.65. The first-order valence-electron chi connectivity index (χ1n) is 9.79. The molecule has 1 aromatic carbocycles. The maximum atomic E-state index is 12.8. The van der Waals surface area contributed by atoms with Crippen molar-refractivity contribution in [2.24, 2.45) is 7.05 Å². The highest BCUT2D eigenvalue weighted by atomic mass is 32.2. The molecule has 0 atom stereocenters. The molecule has 0 bridgehead atoms. The van der Waals surface area contributed by atoms with E-state index in [-0.39, 0.29) is 16.4 Å². The summed E-state index contributed by atoms with van der Waals surface area (Å²) in [4.78, 5) is 23.8. The van der Waals surface area contributed by atoms with Crippen molar-refractivity contribution in [3.8, 4) is 0 Å². The highest BCUT2D eigenvalue weighted by Gasteiger charge is 2.19. The molecule has 0 fully saturated rings. The minimum absolute atomic E-state index is 0.146. The summed E-state index contributed by atoms with van der Waals surface area (Å²) in [6.45, 7) is 1.68. The molecule has 1 aliphatic heterocycles. The molecule has 9 nitrogen and oxygen atoms in total. The second kappa shape index (κ2) is 8.12. The van der Waals surface area contributed by atoms with Gasteiger partial charge in [-0.3, -0.25) is 4.79 Å². The third kappa shape index (κ3) is 4.44. The lowest BCUT2D eigenvalue weighted by Gasteiger charge is -2.27. The van der Waals surface area contributed by atoms with Gasteiger partial charge in [0.15, 0.2) is 9.84 Å². The number of sulfone groups is 1. The monoisotopic (exact) mass is 440 g/mol. The van der Waals surface area contributed by atoms with Crippen LogP contribution in [0.4, 0.5) is 23.1 Å². The number of nitrogens with one attached hydrogen (secondary N) is 2. The van der Waals surface area contributed by atoms with Crippen LogP contribution in [-0.4, -0.2) is 47.7 Å². The largest absolute Gasteiger partial charge is 0.339 e. The number of para-hydroxylation sites is 1. The van der Waals surface area contributed by atoms with E-state index in [1.165, 1.54) is 12.3 Å². The smallest absolute Gasteiger partial charge is 0.274 e. The van der Waals surface area contributed by atoms with Crippen LogP contribution in [-0.2, 0) is 29.9 Å². The van der Waals surface area contributed by atoms with E-state index in [2.05, 4.69) is 25.5 Å². The fourth-order valence-corrected chi connectivity index (χ4v) is 4.54. The first-order chi connectivity index (χ1) is 14.7. The minimum atomic E-state index is -3.41. The lowest BCUT2D eigenvalue weighted by Crippen LogP contribution is -2.33. The van der Waals surface area contributed by atoms with Crippen molar-refractivity contribution in [2.75, 3.05) is 30.5 Å². The summed E-state index contributed by atoms with van der Waals surface area (Å²) in [5.41, 5.74) is 2.80. The van der Waals surface area contributed by atoms with E-state index >= 15 is 0 Å². The molecule has 2 aromatic heterocycles. The van der Waals surface area contributed by atoms with E-state index < -0.39 is 9.84 Å². The molecule has 0 aliphatic carbocycles. The quantitative estimate of drug-likeness (QED) is 0.621. The molecule has 1 aliphatic rings. The number of likely N-dealkylation sites (N-methyl/N-ethyl adjacent to an activating group) is 1. The Bertz CT molecular complexity index is 1300. The first-order valence-corrected chi connectivity index (χ1v) is 11.7. The summed E-state index contributed by atoms with van der Waals surface area (Å²) < 4.78 is 25.7. The molecule has 0 unspecified atom stereocenters. The van der Waals surface area contributed by atoms with Crippen molar-refractivity contribution < 1.29 is 8.42 Å². The van der Waals surface area contributed by atoms with Crippen LogP contribution in [0.25, 0.3) is 0 Å². The molecule has 0 spiro atoms.